The Kier molecular flexibility index (Phi) is 5.18. The van der Waals surface area contributed by atoms with Gasteiger partial charge in [-0.3, -0.25) is 14.9 Å². The molecule has 1 aromatic rings. The van der Waals surface area contributed by atoms with Gasteiger partial charge in [-0.25, -0.2) is 4.98 Å². The largest absolute Gasteiger partial charge is 0.357 e. The molecule has 1 heterocycles. The highest BCUT2D eigenvalue weighted by Crippen LogP contribution is 2.24. The summed E-state index contributed by atoms with van der Waals surface area (Å²) in [5, 5.41) is 16.4. The van der Waals surface area contributed by atoms with Crippen molar-refractivity contribution in [1.29, 1.82) is 0 Å². The maximum Gasteiger partial charge on any atom is 0.329 e. The Hall–Kier alpha value is -2.45. The maximum atomic E-state index is 11.7. The average molecular weight is 282 g/mol. The maximum absolute atomic E-state index is 11.7. The number of nitrogens with zero attached hydrogens (tertiary/aromatic N) is 4. The van der Waals surface area contributed by atoms with E-state index in [-0.39, 0.29) is 35.9 Å². The summed E-state index contributed by atoms with van der Waals surface area (Å²) in [5.41, 5.74) is -0.246. The second kappa shape index (κ2) is 6.64. The lowest BCUT2D eigenvalue weighted by Crippen LogP contribution is -2.39. The van der Waals surface area contributed by atoms with Gasteiger partial charge in [0.25, 0.3) is 0 Å². The zero-order valence-corrected chi connectivity index (χ0v) is 11.9. The van der Waals surface area contributed by atoms with Crippen molar-refractivity contribution in [3.05, 3.63) is 16.3 Å². The van der Waals surface area contributed by atoms with Crippen molar-refractivity contribution in [2.75, 3.05) is 30.9 Å². The Morgan fingerprint density at radius 3 is 2.70 bits per heavy atom. The molecule has 0 fully saturated rings. The first-order valence-electron chi connectivity index (χ1n) is 6.04. The molecular weight excluding hydrogens is 264 g/mol. The Labute approximate surface area is 116 Å². The number of hydrogen-bond donors (Lipinski definition) is 2. The summed E-state index contributed by atoms with van der Waals surface area (Å²) < 4.78 is 0. The van der Waals surface area contributed by atoms with E-state index in [0.29, 0.717) is 0 Å². The Bertz CT molecular complexity index is 505. The normalized spacial score (nSPS) is 10.2. The van der Waals surface area contributed by atoms with Crippen LogP contribution in [0.3, 0.4) is 0 Å². The van der Waals surface area contributed by atoms with Crippen LogP contribution < -0.4 is 15.5 Å². The number of nitro groups is 1. The van der Waals surface area contributed by atoms with Gasteiger partial charge in [-0.2, -0.15) is 4.98 Å². The molecule has 0 aliphatic heterocycles. The van der Waals surface area contributed by atoms with Crippen molar-refractivity contribution in [1.82, 2.24) is 15.3 Å². The highest BCUT2D eigenvalue weighted by Gasteiger charge is 2.22. The minimum absolute atomic E-state index is 0.00385. The number of amides is 1. The van der Waals surface area contributed by atoms with Crippen molar-refractivity contribution < 1.29 is 9.72 Å². The summed E-state index contributed by atoms with van der Waals surface area (Å²) >= 11 is 0. The van der Waals surface area contributed by atoms with Crippen LogP contribution in [-0.4, -0.2) is 47.5 Å². The van der Waals surface area contributed by atoms with Crippen LogP contribution in [0.25, 0.3) is 0 Å². The smallest absolute Gasteiger partial charge is 0.329 e. The SMILES string of the molecule is CNc1ncc([N+](=O)[O-])c(N(C)CC(=O)NC(C)C)n1. The van der Waals surface area contributed by atoms with Crippen LogP contribution in [0.2, 0.25) is 0 Å². The van der Waals surface area contributed by atoms with Crippen molar-refractivity contribution >= 4 is 23.4 Å². The Morgan fingerprint density at radius 2 is 2.20 bits per heavy atom. The van der Waals surface area contributed by atoms with Gasteiger partial charge in [0.1, 0.15) is 6.20 Å². The van der Waals surface area contributed by atoms with E-state index in [1.54, 1.807) is 14.1 Å². The molecule has 0 bridgehead atoms. The number of likely N-dealkylation sites (N-methyl/N-ethyl adjacent to an activating group) is 1. The lowest BCUT2D eigenvalue weighted by atomic mass is 10.3. The first-order valence-corrected chi connectivity index (χ1v) is 6.04. The molecule has 0 radical (unpaired) electrons. The molecule has 0 aromatic carbocycles. The van der Waals surface area contributed by atoms with E-state index in [4.69, 9.17) is 0 Å². The van der Waals surface area contributed by atoms with Gasteiger partial charge in [0, 0.05) is 20.1 Å². The minimum Gasteiger partial charge on any atom is -0.357 e. The van der Waals surface area contributed by atoms with Crippen molar-refractivity contribution in [3.8, 4) is 0 Å². The summed E-state index contributed by atoms with van der Waals surface area (Å²) in [6.07, 6.45) is 1.12. The lowest BCUT2D eigenvalue weighted by Gasteiger charge is -2.18. The van der Waals surface area contributed by atoms with Crippen LogP contribution in [0.4, 0.5) is 17.5 Å². The molecule has 110 valence electrons. The summed E-state index contributed by atoms with van der Waals surface area (Å²) in [4.78, 5) is 31.3. The van der Waals surface area contributed by atoms with E-state index in [0.717, 1.165) is 6.20 Å². The molecule has 0 saturated heterocycles. The van der Waals surface area contributed by atoms with Crippen molar-refractivity contribution in [2.24, 2.45) is 0 Å². The van der Waals surface area contributed by atoms with Gasteiger partial charge in [-0.1, -0.05) is 0 Å². The number of anilines is 2. The predicted octanol–water partition coefficient (Wildman–Crippen LogP) is 0.387. The average Bonchev–Trinajstić information content (AvgIpc) is 2.36. The molecule has 0 atom stereocenters. The van der Waals surface area contributed by atoms with Gasteiger partial charge in [0.05, 0.1) is 11.5 Å². The number of hydrogen-bond acceptors (Lipinski definition) is 7. The quantitative estimate of drug-likeness (QED) is 0.573. The Balaban J connectivity index is 2.97. The van der Waals surface area contributed by atoms with E-state index < -0.39 is 4.92 Å². The highest BCUT2D eigenvalue weighted by molar-refractivity contribution is 5.82. The number of nitrogens with one attached hydrogen (secondary N) is 2. The third kappa shape index (κ3) is 4.04. The number of aromatic nitrogens is 2. The molecule has 0 saturated carbocycles. The zero-order chi connectivity index (χ0) is 15.3. The third-order valence-electron chi connectivity index (χ3n) is 2.36. The van der Waals surface area contributed by atoms with Crippen molar-refractivity contribution in [2.45, 2.75) is 19.9 Å². The highest BCUT2D eigenvalue weighted by atomic mass is 16.6. The van der Waals surface area contributed by atoms with E-state index in [1.165, 1.54) is 4.90 Å². The molecule has 9 nitrogen and oxygen atoms in total. The fourth-order valence-electron chi connectivity index (χ4n) is 1.55. The van der Waals surface area contributed by atoms with Gasteiger partial charge < -0.3 is 15.5 Å². The molecule has 0 unspecified atom stereocenters. The van der Waals surface area contributed by atoms with Crippen LogP contribution in [0.5, 0.6) is 0 Å². The Morgan fingerprint density at radius 1 is 1.55 bits per heavy atom. The number of rotatable bonds is 6. The lowest BCUT2D eigenvalue weighted by molar-refractivity contribution is -0.384. The molecule has 1 aromatic heterocycles. The standard InChI is InChI=1S/C11H18N6O3/c1-7(2)14-9(18)6-16(4)10-8(17(19)20)5-13-11(12-3)15-10/h5,7H,6H2,1-4H3,(H,14,18)(H,12,13,15). The van der Waals surface area contributed by atoms with Crippen LogP contribution in [0, 0.1) is 10.1 Å². The van der Waals surface area contributed by atoms with E-state index in [9.17, 15) is 14.9 Å². The van der Waals surface area contributed by atoms with Crippen LogP contribution >= 0.6 is 0 Å². The predicted molar refractivity (Wildman–Crippen MR) is 74.8 cm³/mol. The summed E-state index contributed by atoms with van der Waals surface area (Å²) in [5.74, 6) is 0.108. The molecule has 20 heavy (non-hydrogen) atoms. The molecule has 0 aliphatic carbocycles. The summed E-state index contributed by atoms with van der Waals surface area (Å²) in [6, 6.07) is 0.00385. The summed E-state index contributed by atoms with van der Waals surface area (Å²) in [6.45, 7) is 3.65. The molecule has 0 spiro atoms. The van der Waals surface area contributed by atoms with Gasteiger partial charge >= 0.3 is 5.69 Å². The van der Waals surface area contributed by atoms with E-state index in [2.05, 4.69) is 20.6 Å². The monoisotopic (exact) mass is 282 g/mol. The number of carbonyl (C=O) groups is 1. The molecular formula is C11H18N6O3. The molecule has 0 aliphatic rings. The second-order valence-electron chi connectivity index (χ2n) is 4.49. The minimum atomic E-state index is -0.578. The van der Waals surface area contributed by atoms with Gasteiger partial charge in [-0.05, 0) is 13.8 Å². The fraction of sp³-hybridized carbons (Fsp3) is 0.545. The van der Waals surface area contributed by atoms with Crippen LogP contribution in [-0.2, 0) is 4.79 Å². The van der Waals surface area contributed by atoms with Crippen molar-refractivity contribution in [3.63, 3.8) is 0 Å². The molecule has 2 N–H and O–H groups in total. The molecule has 1 amide bonds. The third-order valence-corrected chi connectivity index (χ3v) is 2.36. The van der Waals surface area contributed by atoms with Crippen LogP contribution in [0.15, 0.2) is 6.20 Å². The molecule has 9 heteroatoms. The van der Waals surface area contributed by atoms with E-state index >= 15 is 0 Å². The van der Waals surface area contributed by atoms with E-state index in [1.807, 2.05) is 13.8 Å². The van der Waals surface area contributed by atoms with Gasteiger partial charge in [0.2, 0.25) is 17.7 Å². The number of carbonyl (C=O) groups excluding carboxylic acids is 1. The summed E-state index contributed by atoms with van der Waals surface area (Å²) in [7, 11) is 3.17. The first-order chi connectivity index (χ1) is 9.35. The van der Waals surface area contributed by atoms with Gasteiger partial charge in [-0.15, -0.1) is 0 Å². The fourth-order valence-corrected chi connectivity index (χ4v) is 1.55. The zero-order valence-electron chi connectivity index (χ0n) is 11.9. The second-order valence-corrected chi connectivity index (χ2v) is 4.49. The first kappa shape index (κ1) is 15.6. The molecule has 1 rings (SSSR count). The topological polar surface area (TPSA) is 113 Å². The van der Waals surface area contributed by atoms with Crippen LogP contribution in [0.1, 0.15) is 13.8 Å². The van der Waals surface area contributed by atoms with Gasteiger partial charge in [0.15, 0.2) is 0 Å².